The van der Waals surface area contributed by atoms with Crippen LogP contribution in [0.25, 0.3) is 0 Å². The minimum Gasteiger partial charge on any atom is -0.389 e. The Morgan fingerprint density at radius 2 is 2.13 bits per heavy atom. The second kappa shape index (κ2) is 4.52. The van der Waals surface area contributed by atoms with Crippen molar-refractivity contribution in [1.82, 2.24) is 0 Å². The lowest BCUT2D eigenvalue weighted by Gasteiger charge is -2.44. The van der Waals surface area contributed by atoms with Crippen LogP contribution in [0.15, 0.2) is 0 Å². The molecule has 1 amide bonds. The molecule has 0 radical (unpaired) electrons. The molecule has 0 bridgehead atoms. The van der Waals surface area contributed by atoms with Gasteiger partial charge < -0.3 is 10.8 Å². The van der Waals surface area contributed by atoms with Gasteiger partial charge in [0, 0.05) is 0 Å². The van der Waals surface area contributed by atoms with Crippen LogP contribution in [0.3, 0.4) is 0 Å². The summed E-state index contributed by atoms with van der Waals surface area (Å²) in [7, 11) is 0. The largest absolute Gasteiger partial charge is 0.389 e. The van der Waals surface area contributed by atoms with Gasteiger partial charge >= 0.3 is 0 Å². The number of amides is 1. The number of carbonyl (C=O) groups excluding carboxylic acids is 1. The Kier molecular flexibility index (Phi) is 3.77. The van der Waals surface area contributed by atoms with Gasteiger partial charge in [-0.2, -0.15) is 0 Å². The maximum Gasteiger partial charge on any atom is 0.220 e. The van der Waals surface area contributed by atoms with Gasteiger partial charge in [0.15, 0.2) is 0 Å². The highest BCUT2D eigenvalue weighted by molar-refractivity contribution is 5.75. The van der Waals surface area contributed by atoms with Gasteiger partial charge in [0.2, 0.25) is 5.91 Å². The van der Waals surface area contributed by atoms with Gasteiger partial charge in [0.25, 0.3) is 0 Å². The second-order valence-corrected chi connectivity index (χ2v) is 5.48. The Hall–Kier alpha value is -0.570. The molecule has 0 aromatic rings. The first-order valence-electron chi connectivity index (χ1n) is 5.86. The summed E-state index contributed by atoms with van der Waals surface area (Å²) in [6.45, 7) is 6.34. The van der Waals surface area contributed by atoms with E-state index in [1.165, 1.54) is 0 Å². The van der Waals surface area contributed by atoms with E-state index in [1.807, 2.05) is 0 Å². The Morgan fingerprint density at radius 1 is 1.53 bits per heavy atom. The molecule has 15 heavy (non-hydrogen) atoms. The van der Waals surface area contributed by atoms with Crippen LogP contribution in [0.4, 0.5) is 0 Å². The predicted molar refractivity (Wildman–Crippen MR) is 60.1 cm³/mol. The van der Waals surface area contributed by atoms with Gasteiger partial charge in [-0.3, -0.25) is 4.79 Å². The van der Waals surface area contributed by atoms with E-state index in [1.54, 1.807) is 0 Å². The molecule has 88 valence electrons. The molecule has 3 N–H and O–H groups in total. The number of nitrogens with two attached hydrogens (primary N) is 1. The van der Waals surface area contributed by atoms with Crippen LogP contribution in [0, 0.1) is 17.8 Å². The van der Waals surface area contributed by atoms with Gasteiger partial charge in [-0.1, -0.05) is 27.2 Å². The molecule has 3 nitrogen and oxygen atoms in total. The number of primary amides is 1. The van der Waals surface area contributed by atoms with Crippen LogP contribution < -0.4 is 5.73 Å². The quantitative estimate of drug-likeness (QED) is 0.749. The molecule has 0 aliphatic heterocycles. The third-order valence-corrected chi connectivity index (χ3v) is 3.65. The smallest absolute Gasteiger partial charge is 0.220 e. The van der Waals surface area contributed by atoms with E-state index in [9.17, 15) is 9.90 Å². The Bertz CT molecular complexity index is 240. The summed E-state index contributed by atoms with van der Waals surface area (Å²) in [5.41, 5.74) is 4.35. The second-order valence-electron chi connectivity index (χ2n) is 5.48. The molecule has 0 saturated heterocycles. The van der Waals surface area contributed by atoms with Gasteiger partial charge in [-0.15, -0.1) is 0 Å². The lowest BCUT2D eigenvalue weighted by atomic mass is 9.65. The average molecular weight is 213 g/mol. The van der Waals surface area contributed by atoms with Crippen molar-refractivity contribution in [2.24, 2.45) is 23.5 Å². The van der Waals surface area contributed by atoms with Crippen molar-refractivity contribution in [3.05, 3.63) is 0 Å². The molecule has 1 saturated carbocycles. The van der Waals surface area contributed by atoms with Crippen molar-refractivity contribution in [1.29, 1.82) is 0 Å². The summed E-state index contributed by atoms with van der Waals surface area (Å²) < 4.78 is 0. The molecule has 0 unspecified atom stereocenters. The van der Waals surface area contributed by atoms with Crippen molar-refractivity contribution in [3.8, 4) is 0 Å². The van der Waals surface area contributed by atoms with Gasteiger partial charge in [-0.05, 0) is 30.6 Å². The standard InChI is InChI=1S/C12H23NO2/c1-8(2)10-5-4-9(3)6-12(10,15)7-11(13)14/h8-10,15H,4-7H2,1-3H3,(H2,13,14)/t9-,10+,12-/m1/s1. The maximum absolute atomic E-state index is 11.0. The molecule has 3 heteroatoms. The number of hydrogen-bond donors (Lipinski definition) is 2. The highest BCUT2D eigenvalue weighted by Crippen LogP contribution is 2.42. The third kappa shape index (κ3) is 2.94. The van der Waals surface area contributed by atoms with Crippen LogP contribution in [0.1, 0.15) is 46.5 Å². The predicted octanol–water partition coefficient (Wildman–Crippen LogP) is 1.69. The molecule has 0 heterocycles. The number of rotatable bonds is 3. The molecule has 3 atom stereocenters. The molecule has 1 rings (SSSR count). The first-order valence-corrected chi connectivity index (χ1v) is 5.86. The van der Waals surface area contributed by atoms with Gasteiger partial charge in [0.1, 0.15) is 0 Å². The zero-order valence-corrected chi connectivity index (χ0v) is 9.99. The zero-order chi connectivity index (χ0) is 11.6. The van der Waals surface area contributed by atoms with E-state index >= 15 is 0 Å². The van der Waals surface area contributed by atoms with Crippen molar-refractivity contribution in [2.75, 3.05) is 0 Å². The molecule has 0 aromatic carbocycles. The van der Waals surface area contributed by atoms with Crippen molar-refractivity contribution < 1.29 is 9.90 Å². The normalized spacial score (nSPS) is 36.9. The molecule has 0 spiro atoms. The molecule has 0 aromatic heterocycles. The van der Waals surface area contributed by atoms with Crippen LogP contribution in [-0.2, 0) is 4.79 Å². The van der Waals surface area contributed by atoms with E-state index in [0.29, 0.717) is 18.3 Å². The van der Waals surface area contributed by atoms with Crippen molar-refractivity contribution in [2.45, 2.75) is 52.1 Å². The van der Waals surface area contributed by atoms with Gasteiger partial charge in [0.05, 0.1) is 12.0 Å². The van der Waals surface area contributed by atoms with Crippen LogP contribution in [0.2, 0.25) is 0 Å². The summed E-state index contributed by atoms with van der Waals surface area (Å²) in [6, 6.07) is 0. The zero-order valence-electron chi connectivity index (χ0n) is 9.99. The molecular weight excluding hydrogens is 190 g/mol. The molecule has 1 aliphatic rings. The van der Waals surface area contributed by atoms with E-state index in [-0.39, 0.29) is 12.3 Å². The minimum absolute atomic E-state index is 0.111. The molecule has 1 aliphatic carbocycles. The monoisotopic (exact) mass is 213 g/mol. The summed E-state index contributed by atoms with van der Waals surface area (Å²) in [5.74, 6) is 0.713. The summed E-state index contributed by atoms with van der Waals surface area (Å²) in [4.78, 5) is 11.0. The lowest BCUT2D eigenvalue weighted by Crippen LogP contribution is -2.47. The van der Waals surface area contributed by atoms with Crippen LogP contribution in [0.5, 0.6) is 0 Å². The Balaban J connectivity index is 2.80. The third-order valence-electron chi connectivity index (χ3n) is 3.65. The fourth-order valence-electron chi connectivity index (χ4n) is 3.05. The minimum atomic E-state index is -0.863. The number of aliphatic hydroxyl groups is 1. The van der Waals surface area contributed by atoms with E-state index in [4.69, 9.17) is 5.73 Å². The SMILES string of the molecule is CC(C)[C@@H]1CC[C@@H](C)C[C@@]1(O)CC(N)=O. The van der Waals surface area contributed by atoms with E-state index < -0.39 is 11.5 Å². The topological polar surface area (TPSA) is 63.3 Å². The van der Waals surface area contributed by atoms with Crippen LogP contribution >= 0.6 is 0 Å². The highest BCUT2D eigenvalue weighted by atomic mass is 16.3. The first-order chi connectivity index (χ1) is 6.85. The van der Waals surface area contributed by atoms with E-state index in [0.717, 1.165) is 12.8 Å². The average Bonchev–Trinajstić information content (AvgIpc) is 1.99. The number of carbonyl (C=O) groups is 1. The van der Waals surface area contributed by atoms with Crippen LogP contribution in [-0.4, -0.2) is 16.6 Å². The summed E-state index contributed by atoms with van der Waals surface area (Å²) in [6.07, 6.45) is 2.96. The summed E-state index contributed by atoms with van der Waals surface area (Å²) >= 11 is 0. The van der Waals surface area contributed by atoms with E-state index in [2.05, 4.69) is 20.8 Å². The molecule has 1 fully saturated rings. The first kappa shape index (κ1) is 12.5. The van der Waals surface area contributed by atoms with Gasteiger partial charge in [-0.25, -0.2) is 0 Å². The maximum atomic E-state index is 11.0. The Morgan fingerprint density at radius 3 is 2.60 bits per heavy atom. The Labute approximate surface area is 92.0 Å². The fraction of sp³-hybridized carbons (Fsp3) is 0.917. The highest BCUT2D eigenvalue weighted by Gasteiger charge is 2.43. The number of hydrogen-bond acceptors (Lipinski definition) is 2. The van der Waals surface area contributed by atoms with Crippen molar-refractivity contribution >= 4 is 5.91 Å². The van der Waals surface area contributed by atoms with Crippen molar-refractivity contribution in [3.63, 3.8) is 0 Å². The molecular formula is C12H23NO2. The fourth-order valence-corrected chi connectivity index (χ4v) is 3.05. The summed E-state index contributed by atoms with van der Waals surface area (Å²) in [5, 5.41) is 10.5. The lowest BCUT2D eigenvalue weighted by molar-refractivity contribution is -0.132.